The zero-order chi connectivity index (χ0) is 16.4. The van der Waals surface area contributed by atoms with E-state index in [0.29, 0.717) is 0 Å². The first-order valence-corrected chi connectivity index (χ1v) is 8.93. The average Bonchev–Trinajstić information content (AvgIpc) is 3.25. The van der Waals surface area contributed by atoms with Crippen molar-refractivity contribution >= 4 is 15.9 Å². The fraction of sp³-hybridized carbons (Fsp3) is 0.200. The van der Waals surface area contributed by atoms with Crippen LogP contribution < -0.4 is 0 Å². The predicted molar refractivity (Wildman–Crippen MR) is 99.0 cm³/mol. The van der Waals surface area contributed by atoms with Crippen LogP contribution in [0, 0.1) is 0 Å². The number of nitrogens with zero attached hydrogens (tertiary/aromatic N) is 2. The Kier molecular flexibility index (Phi) is 4.52. The summed E-state index contributed by atoms with van der Waals surface area (Å²) in [5.74, 6) is 0. The normalized spacial score (nSPS) is 18.1. The summed E-state index contributed by atoms with van der Waals surface area (Å²) in [6.45, 7) is 2.64. The van der Waals surface area contributed by atoms with Crippen molar-refractivity contribution in [1.82, 2.24) is 9.47 Å². The molecule has 3 aromatic rings. The van der Waals surface area contributed by atoms with E-state index in [1.165, 1.54) is 11.1 Å². The monoisotopic (exact) mass is 382 g/mol. The number of ether oxygens (including phenoxy) is 1. The van der Waals surface area contributed by atoms with E-state index in [1.807, 2.05) is 12.1 Å². The number of para-hydroxylation sites is 1. The molecule has 4 heteroatoms. The van der Waals surface area contributed by atoms with Crippen LogP contribution in [0.5, 0.6) is 0 Å². The molecule has 0 aliphatic carbocycles. The van der Waals surface area contributed by atoms with E-state index in [9.17, 15) is 0 Å². The number of halogens is 1. The summed E-state index contributed by atoms with van der Waals surface area (Å²) >= 11 is 3.62. The Labute approximate surface area is 150 Å². The van der Waals surface area contributed by atoms with Crippen molar-refractivity contribution in [2.75, 3.05) is 13.2 Å². The van der Waals surface area contributed by atoms with Crippen molar-refractivity contribution in [1.29, 1.82) is 0 Å². The predicted octanol–water partition coefficient (Wildman–Crippen LogP) is 4.77. The van der Waals surface area contributed by atoms with Crippen LogP contribution in [-0.4, -0.2) is 22.6 Å². The molecule has 2 heterocycles. The first-order chi connectivity index (χ1) is 11.8. The molecule has 0 N–H and O–H groups in total. The fourth-order valence-corrected chi connectivity index (χ4v) is 3.65. The molecule has 1 aliphatic rings. The van der Waals surface area contributed by atoms with Crippen LogP contribution in [0.2, 0.25) is 0 Å². The van der Waals surface area contributed by atoms with Crippen LogP contribution in [0.25, 0.3) is 5.69 Å². The van der Waals surface area contributed by atoms with Crippen molar-refractivity contribution in [2.24, 2.45) is 0 Å². The highest BCUT2D eigenvalue weighted by Gasteiger charge is 2.27. The standard InChI is InChI=1S/C20H19BrN2O/c21-18-8-4-5-9-19(18)22-11-10-17(15-22)20-23(12-13-24-20)14-16-6-2-1-3-7-16/h1-11,15,20H,12-14H2. The van der Waals surface area contributed by atoms with Gasteiger partial charge < -0.3 is 9.30 Å². The van der Waals surface area contributed by atoms with Crippen molar-refractivity contribution in [3.8, 4) is 5.69 Å². The maximum absolute atomic E-state index is 6.00. The third-order valence-electron chi connectivity index (χ3n) is 4.35. The largest absolute Gasteiger partial charge is 0.357 e. The molecule has 0 radical (unpaired) electrons. The molecule has 0 spiro atoms. The fourth-order valence-electron chi connectivity index (χ4n) is 3.16. The highest BCUT2D eigenvalue weighted by atomic mass is 79.9. The minimum Gasteiger partial charge on any atom is -0.357 e. The topological polar surface area (TPSA) is 17.4 Å². The maximum atomic E-state index is 6.00. The Morgan fingerprint density at radius 2 is 1.79 bits per heavy atom. The summed E-state index contributed by atoms with van der Waals surface area (Å²) in [6, 6.07) is 21.0. The summed E-state index contributed by atoms with van der Waals surface area (Å²) in [5, 5.41) is 0. The zero-order valence-corrected chi connectivity index (χ0v) is 14.9. The van der Waals surface area contributed by atoms with Crippen molar-refractivity contribution in [3.05, 3.63) is 88.7 Å². The summed E-state index contributed by atoms with van der Waals surface area (Å²) in [7, 11) is 0. The molecule has 1 aliphatic heterocycles. The van der Waals surface area contributed by atoms with Crippen molar-refractivity contribution in [2.45, 2.75) is 12.8 Å². The third-order valence-corrected chi connectivity index (χ3v) is 5.02. The van der Waals surface area contributed by atoms with Gasteiger partial charge in [0.2, 0.25) is 0 Å². The van der Waals surface area contributed by atoms with E-state index < -0.39 is 0 Å². The summed E-state index contributed by atoms with van der Waals surface area (Å²) in [5.41, 5.74) is 3.65. The number of rotatable bonds is 4. The van der Waals surface area contributed by atoms with Crippen LogP contribution in [0.4, 0.5) is 0 Å². The van der Waals surface area contributed by atoms with E-state index in [1.54, 1.807) is 0 Å². The van der Waals surface area contributed by atoms with Crippen molar-refractivity contribution < 1.29 is 4.74 Å². The third kappa shape index (κ3) is 3.18. The molecule has 0 bridgehead atoms. The van der Waals surface area contributed by atoms with Gasteiger partial charge in [0, 0.05) is 35.5 Å². The second kappa shape index (κ2) is 6.93. The second-order valence-corrected chi connectivity index (χ2v) is 6.84. The quantitative estimate of drug-likeness (QED) is 0.646. The molecule has 1 unspecified atom stereocenters. The molecule has 2 aromatic carbocycles. The maximum Gasteiger partial charge on any atom is 0.138 e. The van der Waals surface area contributed by atoms with Crippen LogP contribution in [0.1, 0.15) is 17.4 Å². The number of hydrogen-bond donors (Lipinski definition) is 0. The summed E-state index contributed by atoms with van der Waals surface area (Å²) < 4.78 is 9.23. The van der Waals surface area contributed by atoms with E-state index in [-0.39, 0.29) is 6.23 Å². The summed E-state index contributed by atoms with van der Waals surface area (Å²) in [4.78, 5) is 2.38. The van der Waals surface area contributed by atoms with Gasteiger partial charge in [-0.2, -0.15) is 0 Å². The Balaban J connectivity index is 1.56. The van der Waals surface area contributed by atoms with Gasteiger partial charge in [0.05, 0.1) is 12.3 Å². The molecule has 1 atom stereocenters. The average molecular weight is 383 g/mol. The lowest BCUT2D eigenvalue weighted by atomic mass is 10.2. The van der Waals surface area contributed by atoms with Gasteiger partial charge in [0.25, 0.3) is 0 Å². The molecular formula is C20H19BrN2O. The van der Waals surface area contributed by atoms with Gasteiger partial charge in [-0.05, 0) is 39.7 Å². The van der Waals surface area contributed by atoms with Gasteiger partial charge in [0.15, 0.2) is 0 Å². The second-order valence-electron chi connectivity index (χ2n) is 5.98. The highest BCUT2D eigenvalue weighted by molar-refractivity contribution is 9.10. The first-order valence-electron chi connectivity index (χ1n) is 8.13. The van der Waals surface area contributed by atoms with Gasteiger partial charge in [-0.1, -0.05) is 42.5 Å². The number of benzene rings is 2. The van der Waals surface area contributed by atoms with Gasteiger partial charge in [-0.15, -0.1) is 0 Å². The van der Waals surface area contributed by atoms with Crippen LogP contribution in [0.3, 0.4) is 0 Å². The van der Waals surface area contributed by atoms with Gasteiger partial charge in [-0.3, -0.25) is 4.90 Å². The van der Waals surface area contributed by atoms with E-state index >= 15 is 0 Å². The van der Waals surface area contributed by atoms with Crippen LogP contribution >= 0.6 is 15.9 Å². The lowest BCUT2D eigenvalue weighted by molar-refractivity contribution is 0.0288. The minimum absolute atomic E-state index is 0.0222. The van der Waals surface area contributed by atoms with Gasteiger partial charge in [-0.25, -0.2) is 0 Å². The Bertz CT molecular complexity index is 815. The van der Waals surface area contributed by atoms with E-state index in [4.69, 9.17) is 4.74 Å². The zero-order valence-electron chi connectivity index (χ0n) is 13.3. The van der Waals surface area contributed by atoms with Crippen LogP contribution in [0.15, 0.2) is 77.5 Å². The molecule has 1 aromatic heterocycles. The molecule has 0 amide bonds. The number of hydrogen-bond acceptors (Lipinski definition) is 2. The van der Waals surface area contributed by atoms with Crippen LogP contribution in [-0.2, 0) is 11.3 Å². The molecule has 0 saturated carbocycles. The summed E-state index contributed by atoms with van der Waals surface area (Å²) in [6.07, 6.45) is 4.28. The van der Waals surface area contributed by atoms with E-state index in [0.717, 1.165) is 29.9 Å². The number of aromatic nitrogens is 1. The molecule has 1 saturated heterocycles. The Morgan fingerprint density at radius 3 is 2.62 bits per heavy atom. The molecule has 122 valence electrons. The molecule has 3 nitrogen and oxygen atoms in total. The first kappa shape index (κ1) is 15.6. The minimum atomic E-state index is 0.0222. The van der Waals surface area contributed by atoms with E-state index in [2.05, 4.69) is 86.3 Å². The van der Waals surface area contributed by atoms with Gasteiger partial charge in [0.1, 0.15) is 6.23 Å². The highest BCUT2D eigenvalue weighted by Crippen LogP contribution is 2.30. The molecular weight excluding hydrogens is 364 g/mol. The molecule has 24 heavy (non-hydrogen) atoms. The Morgan fingerprint density at radius 1 is 1.00 bits per heavy atom. The lowest BCUT2D eigenvalue weighted by Gasteiger charge is -2.22. The lowest BCUT2D eigenvalue weighted by Crippen LogP contribution is -2.23. The smallest absolute Gasteiger partial charge is 0.138 e. The molecule has 4 rings (SSSR count). The van der Waals surface area contributed by atoms with Gasteiger partial charge >= 0.3 is 0 Å². The van der Waals surface area contributed by atoms with Crippen molar-refractivity contribution in [3.63, 3.8) is 0 Å². The SMILES string of the molecule is Brc1ccccc1-n1ccc(C2OCCN2Cc2ccccc2)c1. The Hall–Kier alpha value is -1.88. The molecule has 1 fully saturated rings.